The number of fused-ring (bicyclic) bond motifs is 1. The summed E-state index contributed by atoms with van der Waals surface area (Å²) in [6.45, 7) is 0.906. The van der Waals surface area contributed by atoms with Gasteiger partial charge in [-0.3, -0.25) is 0 Å². The fraction of sp³-hybridized carbons (Fsp3) is 0.538. The third kappa shape index (κ3) is 2.03. The predicted octanol–water partition coefficient (Wildman–Crippen LogP) is 2.59. The van der Waals surface area contributed by atoms with Crippen molar-refractivity contribution in [2.75, 3.05) is 6.79 Å². The molecule has 1 aromatic rings. The monoisotopic (exact) mass is 256 g/mol. The number of aliphatic hydroxyl groups is 1. The van der Waals surface area contributed by atoms with Crippen molar-refractivity contribution in [2.24, 2.45) is 0 Å². The van der Waals surface area contributed by atoms with Crippen molar-refractivity contribution in [3.63, 3.8) is 0 Å². The molecule has 1 aromatic carbocycles. The largest absolute Gasteiger partial charge is 0.454 e. The lowest BCUT2D eigenvalue weighted by Gasteiger charge is -2.18. The molecule has 3 nitrogen and oxygen atoms in total. The molecular weight excluding hydrogens is 242 g/mol. The second-order valence-corrected chi connectivity index (χ2v) is 5.15. The maximum absolute atomic E-state index is 13.6. The van der Waals surface area contributed by atoms with E-state index < -0.39 is 11.5 Å². The molecule has 98 valence electrons. The standard InChI is InChI=1S/C13H14F2O3/c1-12(14,15)9-5-11-10(17-7-18-11)4-8(9)6-13(16)2-3-13/h4-5,16H,2-3,6-7H2,1H3. The van der Waals surface area contributed by atoms with Gasteiger partial charge in [-0.1, -0.05) is 0 Å². The van der Waals surface area contributed by atoms with Gasteiger partial charge in [0.25, 0.3) is 5.92 Å². The van der Waals surface area contributed by atoms with Gasteiger partial charge in [0.2, 0.25) is 6.79 Å². The lowest BCUT2D eigenvalue weighted by Crippen LogP contribution is -2.17. The van der Waals surface area contributed by atoms with Crippen molar-refractivity contribution in [1.82, 2.24) is 0 Å². The lowest BCUT2D eigenvalue weighted by atomic mass is 9.96. The topological polar surface area (TPSA) is 38.7 Å². The highest BCUT2D eigenvalue weighted by atomic mass is 19.3. The van der Waals surface area contributed by atoms with E-state index in [-0.39, 0.29) is 18.8 Å². The van der Waals surface area contributed by atoms with Crippen LogP contribution in [0.15, 0.2) is 12.1 Å². The zero-order valence-electron chi connectivity index (χ0n) is 10.0. The molecule has 0 bridgehead atoms. The molecule has 3 rings (SSSR count). The molecular formula is C13H14F2O3. The number of benzene rings is 1. The molecule has 0 aromatic heterocycles. The molecule has 1 saturated carbocycles. The van der Waals surface area contributed by atoms with E-state index in [2.05, 4.69) is 0 Å². The lowest BCUT2D eigenvalue weighted by molar-refractivity contribution is 0.0156. The minimum atomic E-state index is -2.96. The SMILES string of the molecule is CC(F)(F)c1cc2c(cc1CC1(O)CC1)OCO2. The number of rotatable bonds is 3. The summed E-state index contributed by atoms with van der Waals surface area (Å²) < 4.78 is 37.5. The van der Waals surface area contributed by atoms with Crippen LogP contribution in [0.1, 0.15) is 30.9 Å². The Hall–Kier alpha value is -1.36. The molecule has 0 saturated heterocycles. The summed E-state index contributed by atoms with van der Waals surface area (Å²) in [5.74, 6) is -2.14. The zero-order chi connectivity index (χ0) is 13.0. The van der Waals surface area contributed by atoms with Crippen molar-refractivity contribution < 1.29 is 23.4 Å². The number of halogens is 2. The molecule has 1 N–H and O–H groups in total. The van der Waals surface area contributed by atoms with Crippen LogP contribution in [0.4, 0.5) is 8.78 Å². The summed E-state index contributed by atoms with van der Waals surface area (Å²) in [5.41, 5.74) is -0.466. The van der Waals surface area contributed by atoms with E-state index in [1.54, 1.807) is 6.07 Å². The van der Waals surface area contributed by atoms with E-state index in [4.69, 9.17) is 9.47 Å². The second-order valence-electron chi connectivity index (χ2n) is 5.15. The fourth-order valence-corrected chi connectivity index (χ4v) is 2.21. The molecule has 0 amide bonds. The van der Waals surface area contributed by atoms with Gasteiger partial charge in [-0.15, -0.1) is 0 Å². The first-order chi connectivity index (χ1) is 8.37. The smallest absolute Gasteiger partial charge is 0.270 e. The summed E-state index contributed by atoms with van der Waals surface area (Å²) in [7, 11) is 0. The van der Waals surface area contributed by atoms with Gasteiger partial charge < -0.3 is 14.6 Å². The van der Waals surface area contributed by atoms with Crippen molar-refractivity contribution in [1.29, 1.82) is 0 Å². The molecule has 0 radical (unpaired) electrons. The summed E-state index contributed by atoms with van der Waals surface area (Å²) in [4.78, 5) is 0. The minimum absolute atomic E-state index is 0.0534. The Bertz CT molecular complexity index is 490. The Morgan fingerprint density at radius 1 is 1.28 bits per heavy atom. The molecule has 1 fully saturated rings. The molecule has 1 aliphatic heterocycles. The van der Waals surface area contributed by atoms with Gasteiger partial charge in [-0.2, -0.15) is 0 Å². The summed E-state index contributed by atoms with van der Waals surface area (Å²) >= 11 is 0. The van der Waals surface area contributed by atoms with Crippen LogP contribution in [0.25, 0.3) is 0 Å². The second kappa shape index (κ2) is 3.57. The predicted molar refractivity (Wildman–Crippen MR) is 60.0 cm³/mol. The van der Waals surface area contributed by atoms with Crippen LogP contribution in [-0.2, 0) is 12.3 Å². The van der Waals surface area contributed by atoms with E-state index in [9.17, 15) is 13.9 Å². The summed E-state index contributed by atoms with van der Waals surface area (Å²) in [6.07, 6.45) is 1.56. The Morgan fingerprint density at radius 2 is 1.89 bits per heavy atom. The third-order valence-electron chi connectivity index (χ3n) is 3.42. The van der Waals surface area contributed by atoms with Crippen LogP contribution in [0.5, 0.6) is 11.5 Å². The average molecular weight is 256 g/mol. The number of alkyl halides is 2. The van der Waals surface area contributed by atoms with Gasteiger partial charge in [-0.25, -0.2) is 8.78 Å². The maximum atomic E-state index is 13.6. The van der Waals surface area contributed by atoms with Gasteiger partial charge >= 0.3 is 0 Å². The van der Waals surface area contributed by atoms with Crippen LogP contribution >= 0.6 is 0 Å². The first-order valence-corrected chi connectivity index (χ1v) is 5.91. The first-order valence-electron chi connectivity index (χ1n) is 5.91. The summed E-state index contributed by atoms with van der Waals surface area (Å²) in [6, 6.07) is 2.88. The van der Waals surface area contributed by atoms with Crippen LogP contribution in [0, 0.1) is 0 Å². The number of ether oxygens (including phenoxy) is 2. The Labute approximate surface area is 103 Å². The van der Waals surface area contributed by atoms with E-state index >= 15 is 0 Å². The maximum Gasteiger partial charge on any atom is 0.270 e. The van der Waals surface area contributed by atoms with E-state index in [1.807, 2.05) is 0 Å². The fourth-order valence-electron chi connectivity index (χ4n) is 2.21. The highest BCUT2D eigenvalue weighted by Crippen LogP contribution is 2.45. The highest BCUT2D eigenvalue weighted by molar-refractivity contribution is 5.50. The normalized spacial score (nSPS) is 20.0. The Morgan fingerprint density at radius 3 is 2.44 bits per heavy atom. The van der Waals surface area contributed by atoms with Gasteiger partial charge in [0.1, 0.15) is 0 Å². The molecule has 1 aliphatic carbocycles. The highest BCUT2D eigenvalue weighted by Gasteiger charge is 2.42. The Kier molecular flexibility index (Phi) is 2.32. The molecule has 0 atom stereocenters. The summed E-state index contributed by atoms with van der Waals surface area (Å²) in [5, 5.41) is 9.90. The van der Waals surface area contributed by atoms with E-state index in [0.717, 1.165) is 6.92 Å². The molecule has 0 unspecified atom stereocenters. The van der Waals surface area contributed by atoms with Gasteiger partial charge in [0.15, 0.2) is 11.5 Å². The molecule has 2 aliphatic rings. The van der Waals surface area contributed by atoms with E-state index in [1.165, 1.54) is 6.07 Å². The number of hydrogen-bond acceptors (Lipinski definition) is 3. The van der Waals surface area contributed by atoms with Crippen molar-refractivity contribution in [3.8, 4) is 11.5 Å². The minimum Gasteiger partial charge on any atom is -0.454 e. The van der Waals surface area contributed by atoms with Gasteiger partial charge in [-0.05, 0) is 30.5 Å². The van der Waals surface area contributed by atoms with Gasteiger partial charge in [0.05, 0.1) is 5.60 Å². The molecule has 0 spiro atoms. The molecule has 5 heteroatoms. The first kappa shape index (κ1) is 11.7. The average Bonchev–Trinajstić information content (AvgIpc) is 2.82. The van der Waals surface area contributed by atoms with Crippen LogP contribution < -0.4 is 9.47 Å². The number of hydrogen-bond donors (Lipinski definition) is 1. The van der Waals surface area contributed by atoms with Crippen LogP contribution in [-0.4, -0.2) is 17.5 Å². The van der Waals surface area contributed by atoms with E-state index in [0.29, 0.717) is 29.9 Å². The van der Waals surface area contributed by atoms with Crippen molar-refractivity contribution in [3.05, 3.63) is 23.3 Å². The zero-order valence-corrected chi connectivity index (χ0v) is 10.0. The van der Waals surface area contributed by atoms with Gasteiger partial charge in [0, 0.05) is 18.9 Å². The third-order valence-corrected chi connectivity index (χ3v) is 3.42. The van der Waals surface area contributed by atoms with Crippen LogP contribution in [0.2, 0.25) is 0 Å². The molecule has 1 heterocycles. The Balaban J connectivity index is 2.04. The van der Waals surface area contributed by atoms with Crippen LogP contribution in [0.3, 0.4) is 0 Å². The quantitative estimate of drug-likeness (QED) is 0.903. The van der Waals surface area contributed by atoms with Crippen molar-refractivity contribution >= 4 is 0 Å². The van der Waals surface area contributed by atoms with Crippen molar-refractivity contribution in [2.45, 2.75) is 37.7 Å². The molecule has 18 heavy (non-hydrogen) atoms.